The van der Waals surface area contributed by atoms with Crippen molar-refractivity contribution in [3.8, 4) is 0 Å². The Morgan fingerprint density at radius 3 is 2.33 bits per heavy atom. The molecule has 3 nitrogen and oxygen atoms in total. The molecule has 0 saturated heterocycles. The fourth-order valence-electron chi connectivity index (χ4n) is 2.97. The van der Waals surface area contributed by atoms with Gasteiger partial charge in [-0.3, -0.25) is 0 Å². The predicted octanol–water partition coefficient (Wildman–Crippen LogP) is 2.25. The van der Waals surface area contributed by atoms with Gasteiger partial charge in [0.2, 0.25) is 0 Å². The van der Waals surface area contributed by atoms with Crippen LogP contribution in [0.3, 0.4) is 0 Å². The second kappa shape index (κ2) is 8.89. The van der Waals surface area contributed by atoms with Crippen molar-refractivity contribution in [2.75, 3.05) is 26.2 Å². The summed E-state index contributed by atoms with van der Waals surface area (Å²) in [6, 6.07) is 0.552. The third-order valence-corrected chi connectivity index (χ3v) is 4.40. The predicted molar refractivity (Wildman–Crippen MR) is 77.8 cm³/mol. The van der Waals surface area contributed by atoms with Gasteiger partial charge in [0, 0.05) is 19.1 Å². The van der Waals surface area contributed by atoms with Gasteiger partial charge in [0.05, 0.1) is 6.10 Å². The van der Waals surface area contributed by atoms with Gasteiger partial charge in [0.15, 0.2) is 0 Å². The quantitative estimate of drug-likeness (QED) is 0.699. The minimum absolute atomic E-state index is 0.240. The molecule has 0 aromatic heterocycles. The molecule has 1 aliphatic rings. The number of nitrogens with one attached hydrogen (secondary N) is 1. The highest BCUT2D eigenvalue weighted by Gasteiger charge is 2.20. The molecular weight excluding hydrogens is 224 g/mol. The van der Waals surface area contributed by atoms with E-state index in [9.17, 15) is 5.11 Å². The number of rotatable bonds is 8. The summed E-state index contributed by atoms with van der Waals surface area (Å²) in [7, 11) is 0. The zero-order valence-corrected chi connectivity index (χ0v) is 12.5. The third kappa shape index (κ3) is 5.68. The summed E-state index contributed by atoms with van der Waals surface area (Å²) in [6.07, 6.45) is 6.67. The highest BCUT2D eigenvalue weighted by atomic mass is 16.3. The minimum atomic E-state index is -0.240. The van der Waals surface area contributed by atoms with Gasteiger partial charge in [0.1, 0.15) is 0 Å². The van der Waals surface area contributed by atoms with E-state index in [2.05, 4.69) is 31.0 Å². The maximum absolute atomic E-state index is 10.0. The zero-order chi connectivity index (χ0) is 13.4. The molecule has 3 heteroatoms. The largest absolute Gasteiger partial charge is 0.390 e. The number of aliphatic hydroxyl groups excluding tert-OH is 1. The van der Waals surface area contributed by atoms with Gasteiger partial charge in [0.25, 0.3) is 0 Å². The smallest absolute Gasteiger partial charge is 0.0791 e. The molecule has 18 heavy (non-hydrogen) atoms. The van der Waals surface area contributed by atoms with Gasteiger partial charge >= 0.3 is 0 Å². The molecule has 0 aromatic carbocycles. The molecule has 0 spiro atoms. The van der Waals surface area contributed by atoms with Crippen LogP contribution < -0.4 is 5.32 Å². The van der Waals surface area contributed by atoms with Gasteiger partial charge in [-0.15, -0.1) is 0 Å². The maximum atomic E-state index is 10.0. The Balaban J connectivity index is 2.18. The summed E-state index contributed by atoms with van der Waals surface area (Å²) < 4.78 is 0. The Kier molecular flexibility index (Phi) is 7.87. The third-order valence-electron chi connectivity index (χ3n) is 4.40. The lowest BCUT2D eigenvalue weighted by molar-refractivity contribution is 0.110. The second-order valence-corrected chi connectivity index (χ2v) is 5.73. The highest BCUT2D eigenvalue weighted by Crippen LogP contribution is 2.26. The van der Waals surface area contributed by atoms with Crippen molar-refractivity contribution in [3.63, 3.8) is 0 Å². The average molecular weight is 256 g/mol. The fourth-order valence-corrected chi connectivity index (χ4v) is 2.97. The van der Waals surface area contributed by atoms with Gasteiger partial charge in [-0.25, -0.2) is 0 Å². The van der Waals surface area contributed by atoms with Crippen LogP contribution in [0.2, 0.25) is 0 Å². The van der Waals surface area contributed by atoms with Crippen LogP contribution in [0.15, 0.2) is 0 Å². The Morgan fingerprint density at radius 1 is 1.17 bits per heavy atom. The standard InChI is InChI=1S/C15H32N2O/c1-4-17(5-2)12-15(18)11-16-13(3)14-9-7-6-8-10-14/h13-16,18H,4-12H2,1-3H3. The number of nitrogens with zero attached hydrogens (tertiary/aromatic N) is 1. The lowest BCUT2D eigenvalue weighted by atomic mass is 9.84. The molecule has 0 bridgehead atoms. The normalized spacial score (nSPS) is 21.2. The van der Waals surface area contributed by atoms with E-state index in [1.54, 1.807) is 0 Å². The van der Waals surface area contributed by atoms with Crippen LogP contribution in [0.5, 0.6) is 0 Å². The summed E-state index contributed by atoms with van der Waals surface area (Å²) in [4.78, 5) is 2.28. The Labute approximate surface area is 113 Å². The summed E-state index contributed by atoms with van der Waals surface area (Å²) in [5.74, 6) is 0.819. The lowest BCUT2D eigenvalue weighted by Gasteiger charge is -2.30. The van der Waals surface area contributed by atoms with Crippen LogP contribution in [-0.2, 0) is 0 Å². The first kappa shape index (κ1) is 15.9. The van der Waals surface area contributed by atoms with Crippen LogP contribution in [0, 0.1) is 5.92 Å². The van der Waals surface area contributed by atoms with Crippen molar-refractivity contribution in [3.05, 3.63) is 0 Å². The molecule has 1 rings (SSSR count). The molecular formula is C15H32N2O. The van der Waals surface area contributed by atoms with Crippen molar-refractivity contribution >= 4 is 0 Å². The molecule has 2 unspecified atom stereocenters. The summed E-state index contributed by atoms with van der Waals surface area (Å²) in [6.45, 7) is 10.1. The minimum Gasteiger partial charge on any atom is -0.390 e. The van der Waals surface area contributed by atoms with Crippen molar-refractivity contribution < 1.29 is 5.11 Å². The first-order valence-corrected chi connectivity index (χ1v) is 7.81. The molecule has 0 heterocycles. The number of hydrogen-bond acceptors (Lipinski definition) is 3. The van der Waals surface area contributed by atoms with E-state index in [-0.39, 0.29) is 6.10 Å². The van der Waals surface area contributed by atoms with Crippen molar-refractivity contribution in [2.24, 2.45) is 5.92 Å². The Bertz CT molecular complexity index is 201. The van der Waals surface area contributed by atoms with Gasteiger partial charge in [-0.2, -0.15) is 0 Å². The van der Waals surface area contributed by atoms with Crippen LogP contribution in [0.1, 0.15) is 52.9 Å². The van der Waals surface area contributed by atoms with Gasteiger partial charge in [-0.05, 0) is 38.8 Å². The molecule has 0 aliphatic heterocycles. The van der Waals surface area contributed by atoms with Crippen molar-refractivity contribution in [2.45, 2.75) is 65.0 Å². The first-order chi connectivity index (χ1) is 8.67. The van der Waals surface area contributed by atoms with E-state index in [0.717, 1.165) is 32.1 Å². The molecule has 1 fully saturated rings. The summed E-state index contributed by atoms with van der Waals surface area (Å²) >= 11 is 0. The van der Waals surface area contributed by atoms with Crippen molar-refractivity contribution in [1.29, 1.82) is 0 Å². The maximum Gasteiger partial charge on any atom is 0.0791 e. The molecule has 108 valence electrons. The van der Waals surface area contributed by atoms with Crippen molar-refractivity contribution in [1.82, 2.24) is 10.2 Å². The van der Waals surface area contributed by atoms with E-state index >= 15 is 0 Å². The molecule has 0 aromatic rings. The first-order valence-electron chi connectivity index (χ1n) is 7.81. The highest BCUT2D eigenvalue weighted by molar-refractivity contribution is 4.77. The Hall–Kier alpha value is -0.120. The van der Waals surface area contributed by atoms with E-state index in [0.29, 0.717) is 6.04 Å². The second-order valence-electron chi connectivity index (χ2n) is 5.73. The van der Waals surface area contributed by atoms with Gasteiger partial charge in [-0.1, -0.05) is 33.1 Å². The van der Waals surface area contributed by atoms with Gasteiger partial charge < -0.3 is 15.3 Å². The molecule has 0 radical (unpaired) electrons. The van der Waals surface area contributed by atoms with E-state index in [1.165, 1.54) is 32.1 Å². The van der Waals surface area contributed by atoms with E-state index < -0.39 is 0 Å². The molecule has 1 aliphatic carbocycles. The summed E-state index contributed by atoms with van der Waals surface area (Å²) in [5, 5.41) is 13.6. The van der Waals surface area contributed by atoms with Crippen LogP contribution >= 0.6 is 0 Å². The van der Waals surface area contributed by atoms with Crippen LogP contribution in [-0.4, -0.2) is 48.3 Å². The number of likely N-dealkylation sites (N-methyl/N-ethyl adjacent to an activating group) is 1. The monoisotopic (exact) mass is 256 g/mol. The average Bonchev–Trinajstić information content (AvgIpc) is 2.43. The molecule has 0 amide bonds. The number of hydrogen-bond donors (Lipinski definition) is 2. The SMILES string of the molecule is CCN(CC)CC(O)CNC(C)C1CCCCC1. The summed E-state index contributed by atoms with van der Waals surface area (Å²) in [5.41, 5.74) is 0. The molecule has 1 saturated carbocycles. The fraction of sp³-hybridized carbons (Fsp3) is 1.00. The zero-order valence-electron chi connectivity index (χ0n) is 12.5. The van der Waals surface area contributed by atoms with Crippen LogP contribution in [0.25, 0.3) is 0 Å². The Morgan fingerprint density at radius 2 is 1.78 bits per heavy atom. The van der Waals surface area contributed by atoms with E-state index in [1.807, 2.05) is 0 Å². The lowest BCUT2D eigenvalue weighted by Crippen LogP contribution is -2.43. The topological polar surface area (TPSA) is 35.5 Å². The van der Waals surface area contributed by atoms with E-state index in [4.69, 9.17) is 0 Å². The number of aliphatic hydroxyl groups is 1. The molecule has 2 N–H and O–H groups in total. The molecule has 2 atom stereocenters. The van der Waals surface area contributed by atoms with Crippen LogP contribution in [0.4, 0.5) is 0 Å².